The van der Waals surface area contributed by atoms with Crippen LogP contribution < -0.4 is 0 Å². The molecule has 0 spiro atoms. The molecule has 0 aromatic rings. The average molecular weight is 291 g/mol. The van der Waals surface area contributed by atoms with E-state index in [1.54, 1.807) is 0 Å². The molecule has 3 atom stereocenters. The Hall–Kier alpha value is -0.660. The standard InChI is InChI=1S/C12H21NO5S/c1-9-8-13(6-3-7-18-9)19(16,17)11-5-2-4-10(11)12(14)15/h9-11H,2-8H2,1H3,(H,14,15). The lowest BCUT2D eigenvalue weighted by molar-refractivity contribution is -0.141. The molecule has 7 heteroatoms. The largest absolute Gasteiger partial charge is 0.481 e. The molecule has 2 rings (SSSR count). The predicted molar refractivity (Wildman–Crippen MR) is 69.3 cm³/mol. The van der Waals surface area contributed by atoms with Gasteiger partial charge in [0.2, 0.25) is 10.0 Å². The maximum Gasteiger partial charge on any atom is 0.307 e. The molecule has 6 nitrogen and oxygen atoms in total. The van der Waals surface area contributed by atoms with Gasteiger partial charge in [0.15, 0.2) is 0 Å². The number of ether oxygens (including phenoxy) is 1. The van der Waals surface area contributed by atoms with E-state index in [4.69, 9.17) is 9.84 Å². The molecule has 3 unspecified atom stereocenters. The lowest BCUT2D eigenvalue weighted by atomic mass is 10.1. The summed E-state index contributed by atoms with van der Waals surface area (Å²) in [7, 11) is -3.54. The third kappa shape index (κ3) is 3.09. The smallest absolute Gasteiger partial charge is 0.307 e. The lowest BCUT2D eigenvalue weighted by Crippen LogP contribution is -2.44. The fourth-order valence-electron chi connectivity index (χ4n) is 2.94. The minimum Gasteiger partial charge on any atom is -0.481 e. The van der Waals surface area contributed by atoms with Gasteiger partial charge in [-0.3, -0.25) is 4.79 Å². The first-order chi connectivity index (χ1) is 8.93. The second-order valence-electron chi connectivity index (χ2n) is 5.35. The fourth-order valence-corrected chi connectivity index (χ4v) is 5.26. The molecule has 1 N–H and O–H groups in total. The quantitative estimate of drug-likeness (QED) is 0.826. The summed E-state index contributed by atoms with van der Waals surface area (Å²) in [6.07, 6.45) is 2.10. The van der Waals surface area contributed by atoms with Gasteiger partial charge in [-0.2, -0.15) is 4.31 Å². The minimum atomic E-state index is -3.54. The monoisotopic (exact) mass is 291 g/mol. The second kappa shape index (κ2) is 5.76. The normalized spacial score (nSPS) is 34.1. The lowest BCUT2D eigenvalue weighted by Gasteiger charge is -2.27. The van der Waals surface area contributed by atoms with Crippen LogP contribution in [-0.2, 0) is 19.6 Å². The summed E-state index contributed by atoms with van der Waals surface area (Å²) in [5.41, 5.74) is 0. The van der Waals surface area contributed by atoms with Crippen molar-refractivity contribution in [2.45, 2.75) is 44.0 Å². The van der Waals surface area contributed by atoms with Gasteiger partial charge in [0.25, 0.3) is 0 Å². The molecular formula is C12H21NO5S. The number of carbonyl (C=O) groups is 1. The van der Waals surface area contributed by atoms with Crippen LogP contribution in [0.2, 0.25) is 0 Å². The van der Waals surface area contributed by atoms with E-state index in [0.717, 1.165) is 0 Å². The van der Waals surface area contributed by atoms with Gasteiger partial charge in [-0.05, 0) is 26.2 Å². The average Bonchev–Trinajstić information content (AvgIpc) is 2.73. The number of nitrogens with zero attached hydrogens (tertiary/aromatic N) is 1. The van der Waals surface area contributed by atoms with E-state index in [-0.39, 0.29) is 6.10 Å². The molecule has 1 heterocycles. The molecular weight excluding hydrogens is 270 g/mol. The highest BCUT2D eigenvalue weighted by molar-refractivity contribution is 7.89. The molecule has 110 valence electrons. The molecule has 1 aliphatic heterocycles. The summed E-state index contributed by atoms with van der Waals surface area (Å²) in [6, 6.07) is 0. The van der Waals surface area contributed by atoms with Crippen molar-refractivity contribution in [2.75, 3.05) is 19.7 Å². The van der Waals surface area contributed by atoms with Gasteiger partial charge in [0.05, 0.1) is 17.3 Å². The Morgan fingerprint density at radius 2 is 2.05 bits per heavy atom. The molecule has 0 aromatic carbocycles. The van der Waals surface area contributed by atoms with E-state index < -0.39 is 27.2 Å². The minimum absolute atomic E-state index is 0.137. The van der Waals surface area contributed by atoms with Crippen LogP contribution in [0.3, 0.4) is 0 Å². The molecule has 1 saturated carbocycles. The van der Waals surface area contributed by atoms with E-state index in [1.165, 1.54) is 4.31 Å². The molecule has 0 radical (unpaired) electrons. The number of hydrogen-bond acceptors (Lipinski definition) is 4. The summed E-state index contributed by atoms with van der Waals surface area (Å²) in [4.78, 5) is 11.2. The Labute approximate surface area is 113 Å². The van der Waals surface area contributed by atoms with Crippen molar-refractivity contribution in [1.29, 1.82) is 0 Å². The van der Waals surface area contributed by atoms with Crippen molar-refractivity contribution in [2.24, 2.45) is 5.92 Å². The summed E-state index contributed by atoms with van der Waals surface area (Å²) in [6.45, 7) is 3.15. The highest BCUT2D eigenvalue weighted by Gasteiger charge is 2.44. The van der Waals surface area contributed by atoms with E-state index in [1.807, 2.05) is 6.92 Å². The van der Waals surface area contributed by atoms with E-state index >= 15 is 0 Å². The Bertz CT molecular complexity index is 435. The zero-order chi connectivity index (χ0) is 14.0. The summed E-state index contributed by atoms with van der Waals surface area (Å²) < 4.78 is 32.1. The Morgan fingerprint density at radius 1 is 1.32 bits per heavy atom. The first-order valence-electron chi connectivity index (χ1n) is 6.76. The number of rotatable bonds is 3. The van der Waals surface area contributed by atoms with Gasteiger partial charge in [-0.25, -0.2) is 8.42 Å². The van der Waals surface area contributed by atoms with Crippen molar-refractivity contribution in [3.05, 3.63) is 0 Å². The first kappa shape index (κ1) is 14.7. The summed E-state index contributed by atoms with van der Waals surface area (Å²) in [5, 5.41) is 8.38. The third-order valence-electron chi connectivity index (χ3n) is 3.93. The number of sulfonamides is 1. The van der Waals surface area contributed by atoms with Crippen LogP contribution in [0.5, 0.6) is 0 Å². The van der Waals surface area contributed by atoms with Crippen molar-refractivity contribution in [3.63, 3.8) is 0 Å². The van der Waals surface area contributed by atoms with E-state index in [0.29, 0.717) is 45.4 Å². The topological polar surface area (TPSA) is 83.9 Å². The Balaban J connectivity index is 2.18. The number of hydrogen-bond donors (Lipinski definition) is 1. The molecule has 0 aromatic heterocycles. The van der Waals surface area contributed by atoms with Gasteiger partial charge in [0, 0.05) is 19.7 Å². The Morgan fingerprint density at radius 3 is 2.74 bits per heavy atom. The van der Waals surface area contributed by atoms with Crippen molar-refractivity contribution < 1.29 is 23.1 Å². The number of aliphatic carboxylic acids is 1. The van der Waals surface area contributed by atoms with Crippen LogP contribution in [0.25, 0.3) is 0 Å². The maximum atomic E-state index is 12.6. The van der Waals surface area contributed by atoms with Crippen LogP contribution in [-0.4, -0.2) is 54.8 Å². The molecule has 1 aliphatic carbocycles. The number of carboxylic acid groups (broad SMARTS) is 1. The van der Waals surface area contributed by atoms with Crippen LogP contribution in [0.4, 0.5) is 0 Å². The van der Waals surface area contributed by atoms with E-state index in [9.17, 15) is 13.2 Å². The van der Waals surface area contributed by atoms with Gasteiger partial charge in [-0.15, -0.1) is 0 Å². The maximum absolute atomic E-state index is 12.6. The van der Waals surface area contributed by atoms with Gasteiger partial charge in [-0.1, -0.05) is 6.42 Å². The zero-order valence-corrected chi connectivity index (χ0v) is 11.9. The van der Waals surface area contributed by atoms with Gasteiger partial charge < -0.3 is 9.84 Å². The fraction of sp³-hybridized carbons (Fsp3) is 0.917. The van der Waals surface area contributed by atoms with Crippen LogP contribution in [0, 0.1) is 5.92 Å². The molecule has 1 saturated heterocycles. The Kier molecular flexibility index (Phi) is 4.47. The molecule has 2 aliphatic rings. The molecule has 2 fully saturated rings. The van der Waals surface area contributed by atoms with Crippen LogP contribution >= 0.6 is 0 Å². The van der Waals surface area contributed by atoms with Crippen molar-refractivity contribution in [3.8, 4) is 0 Å². The summed E-state index contributed by atoms with van der Waals surface area (Å²) in [5.74, 6) is -1.75. The molecule has 0 amide bonds. The first-order valence-corrected chi connectivity index (χ1v) is 8.26. The van der Waals surface area contributed by atoms with Gasteiger partial charge >= 0.3 is 5.97 Å². The van der Waals surface area contributed by atoms with E-state index in [2.05, 4.69) is 0 Å². The third-order valence-corrected chi connectivity index (χ3v) is 6.31. The highest BCUT2D eigenvalue weighted by Crippen LogP contribution is 2.33. The molecule has 19 heavy (non-hydrogen) atoms. The SMILES string of the molecule is CC1CN(S(=O)(=O)C2CCCC2C(=O)O)CCCO1. The second-order valence-corrected chi connectivity index (χ2v) is 7.50. The molecule has 0 bridgehead atoms. The van der Waals surface area contributed by atoms with Gasteiger partial charge in [0.1, 0.15) is 0 Å². The summed E-state index contributed by atoms with van der Waals surface area (Å²) >= 11 is 0. The van der Waals surface area contributed by atoms with Crippen molar-refractivity contribution >= 4 is 16.0 Å². The van der Waals surface area contributed by atoms with Crippen LogP contribution in [0.1, 0.15) is 32.6 Å². The number of carboxylic acids is 1. The van der Waals surface area contributed by atoms with Crippen LogP contribution in [0.15, 0.2) is 0 Å². The van der Waals surface area contributed by atoms with Crippen molar-refractivity contribution in [1.82, 2.24) is 4.31 Å². The highest BCUT2D eigenvalue weighted by atomic mass is 32.2. The predicted octanol–water partition coefficient (Wildman–Crippen LogP) is 0.680. The zero-order valence-electron chi connectivity index (χ0n) is 11.1.